The molecule has 0 bridgehead atoms. The molecule has 28 heavy (non-hydrogen) atoms. The number of methoxy groups -OCH3 is 1. The number of sulfonamides is 1. The average molecular weight is 409 g/mol. The molecule has 2 aliphatic rings. The minimum atomic E-state index is -3.53. The lowest BCUT2D eigenvalue weighted by Crippen LogP contribution is -2.48. The molecule has 0 atom stereocenters. The van der Waals surface area contributed by atoms with E-state index in [-0.39, 0.29) is 16.7 Å². The molecular formula is C21H32N2O4S. The first-order chi connectivity index (χ1) is 13.5. The molecule has 3 rings (SSSR count). The van der Waals surface area contributed by atoms with E-state index in [4.69, 9.17) is 4.74 Å². The first-order valence-corrected chi connectivity index (χ1v) is 11.9. The molecule has 0 radical (unpaired) electrons. The van der Waals surface area contributed by atoms with Crippen LogP contribution in [0.15, 0.2) is 29.2 Å². The van der Waals surface area contributed by atoms with Crippen LogP contribution in [0.3, 0.4) is 0 Å². The number of piperidine rings is 1. The predicted octanol–water partition coefficient (Wildman–Crippen LogP) is 3.28. The van der Waals surface area contributed by atoms with Crippen molar-refractivity contribution in [3.63, 3.8) is 0 Å². The highest BCUT2D eigenvalue weighted by Crippen LogP contribution is 2.29. The van der Waals surface area contributed by atoms with E-state index in [0.29, 0.717) is 37.7 Å². The highest BCUT2D eigenvalue weighted by molar-refractivity contribution is 7.89. The van der Waals surface area contributed by atoms with Crippen LogP contribution in [-0.4, -0.2) is 56.3 Å². The number of nitrogens with zero attached hydrogens (tertiary/aromatic N) is 2. The van der Waals surface area contributed by atoms with Gasteiger partial charge in [0.2, 0.25) is 15.9 Å². The molecule has 6 nitrogen and oxygen atoms in total. The Balaban J connectivity index is 1.61. The van der Waals surface area contributed by atoms with Crippen LogP contribution >= 0.6 is 0 Å². The first kappa shape index (κ1) is 21.1. The number of hydrogen-bond acceptors (Lipinski definition) is 4. The van der Waals surface area contributed by atoms with Gasteiger partial charge in [0.15, 0.2) is 0 Å². The lowest BCUT2D eigenvalue weighted by atomic mass is 9.91. The van der Waals surface area contributed by atoms with Crippen molar-refractivity contribution in [3.05, 3.63) is 24.3 Å². The summed E-state index contributed by atoms with van der Waals surface area (Å²) in [7, 11) is -1.98. The van der Waals surface area contributed by atoms with Gasteiger partial charge < -0.3 is 9.64 Å². The van der Waals surface area contributed by atoms with Crippen LogP contribution in [0.25, 0.3) is 0 Å². The standard InChI is InChI=1S/C21H32N2O4S/c1-3-23(18-7-5-4-6-8-18)21(24)17-13-15-22(16-14-17)28(25,26)20-11-9-19(27-2)10-12-20/h9-12,17-18H,3-8,13-16H2,1-2H3. The Hall–Kier alpha value is -1.60. The Kier molecular flexibility index (Phi) is 6.99. The van der Waals surface area contributed by atoms with Gasteiger partial charge in [-0.25, -0.2) is 8.42 Å². The first-order valence-electron chi connectivity index (χ1n) is 10.4. The van der Waals surface area contributed by atoms with E-state index < -0.39 is 10.0 Å². The molecule has 0 spiro atoms. The third-order valence-electron chi connectivity index (χ3n) is 6.14. The minimum Gasteiger partial charge on any atom is -0.497 e. The summed E-state index contributed by atoms with van der Waals surface area (Å²) in [6.07, 6.45) is 7.06. The van der Waals surface area contributed by atoms with E-state index in [0.717, 1.165) is 19.4 Å². The summed E-state index contributed by atoms with van der Waals surface area (Å²) >= 11 is 0. The van der Waals surface area contributed by atoms with Crippen molar-refractivity contribution in [3.8, 4) is 5.75 Å². The minimum absolute atomic E-state index is 0.0656. The predicted molar refractivity (Wildman–Crippen MR) is 109 cm³/mol. The Labute approximate surface area is 168 Å². The Morgan fingerprint density at radius 2 is 1.68 bits per heavy atom. The van der Waals surface area contributed by atoms with E-state index in [1.807, 2.05) is 0 Å². The van der Waals surface area contributed by atoms with E-state index in [1.54, 1.807) is 31.4 Å². The second kappa shape index (κ2) is 9.27. The number of carbonyl (C=O) groups excluding carboxylic acids is 1. The normalized spacial score (nSPS) is 20.1. The summed E-state index contributed by atoms with van der Waals surface area (Å²) in [5.74, 6) is 0.783. The SMILES string of the molecule is CCN(C(=O)C1CCN(S(=O)(=O)c2ccc(OC)cc2)CC1)C1CCCCC1. The molecule has 1 heterocycles. The number of ether oxygens (including phenoxy) is 1. The van der Waals surface area contributed by atoms with Gasteiger partial charge in [-0.1, -0.05) is 19.3 Å². The summed E-state index contributed by atoms with van der Waals surface area (Å²) in [5.41, 5.74) is 0. The molecule has 0 unspecified atom stereocenters. The van der Waals surface area contributed by atoms with Crippen molar-refractivity contribution in [2.75, 3.05) is 26.7 Å². The molecule has 0 aromatic heterocycles. The van der Waals surface area contributed by atoms with Gasteiger partial charge >= 0.3 is 0 Å². The average Bonchev–Trinajstić information content (AvgIpc) is 2.75. The Morgan fingerprint density at radius 3 is 2.21 bits per heavy atom. The van der Waals surface area contributed by atoms with E-state index >= 15 is 0 Å². The van der Waals surface area contributed by atoms with Crippen LogP contribution < -0.4 is 4.74 Å². The molecule has 1 saturated heterocycles. The lowest BCUT2D eigenvalue weighted by molar-refractivity contribution is -0.139. The van der Waals surface area contributed by atoms with Crippen molar-refractivity contribution >= 4 is 15.9 Å². The molecule has 1 saturated carbocycles. The summed E-state index contributed by atoms with van der Waals surface area (Å²) in [4.78, 5) is 15.4. The summed E-state index contributed by atoms with van der Waals surface area (Å²) in [5, 5.41) is 0. The van der Waals surface area contributed by atoms with Gasteiger partial charge in [-0.05, 0) is 56.9 Å². The summed E-state index contributed by atoms with van der Waals surface area (Å²) in [6.45, 7) is 3.59. The molecule has 1 amide bonds. The van der Waals surface area contributed by atoms with Crippen LogP contribution in [0.2, 0.25) is 0 Å². The molecule has 1 aromatic carbocycles. The number of amides is 1. The highest BCUT2D eigenvalue weighted by Gasteiger charge is 2.35. The number of carbonyl (C=O) groups is 1. The number of hydrogen-bond donors (Lipinski definition) is 0. The van der Waals surface area contributed by atoms with Gasteiger partial charge in [-0.3, -0.25) is 4.79 Å². The highest BCUT2D eigenvalue weighted by atomic mass is 32.2. The number of benzene rings is 1. The van der Waals surface area contributed by atoms with Gasteiger partial charge in [0, 0.05) is 31.6 Å². The lowest BCUT2D eigenvalue weighted by Gasteiger charge is -2.38. The maximum absolute atomic E-state index is 13.1. The Bertz CT molecular complexity index is 749. The zero-order valence-electron chi connectivity index (χ0n) is 17.0. The zero-order chi connectivity index (χ0) is 20.1. The van der Waals surface area contributed by atoms with Crippen molar-refractivity contribution in [1.29, 1.82) is 0 Å². The van der Waals surface area contributed by atoms with Crippen LogP contribution in [0, 0.1) is 5.92 Å². The maximum Gasteiger partial charge on any atom is 0.243 e. The Morgan fingerprint density at radius 1 is 1.07 bits per heavy atom. The van der Waals surface area contributed by atoms with Crippen molar-refractivity contribution < 1.29 is 17.9 Å². The van der Waals surface area contributed by atoms with Crippen LogP contribution in [0.5, 0.6) is 5.75 Å². The smallest absolute Gasteiger partial charge is 0.243 e. The van der Waals surface area contributed by atoms with Crippen LogP contribution in [0.1, 0.15) is 51.9 Å². The fraction of sp³-hybridized carbons (Fsp3) is 0.667. The van der Waals surface area contributed by atoms with E-state index in [1.165, 1.54) is 23.6 Å². The molecule has 1 aliphatic carbocycles. The second-order valence-corrected chi connectivity index (χ2v) is 9.71. The van der Waals surface area contributed by atoms with Crippen molar-refractivity contribution in [1.82, 2.24) is 9.21 Å². The van der Waals surface area contributed by atoms with Gasteiger partial charge in [0.25, 0.3) is 0 Å². The van der Waals surface area contributed by atoms with Gasteiger partial charge in [-0.2, -0.15) is 4.31 Å². The van der Waals surface area contributed by atoms with Gasteiger partial charge in [-0.15, -0.1) is 0 Å². The molecule has 2 fully saturated rings. The monoisotopic (exact) mass is 408 g/mol. The topological polar surface area (TPSA) is 66.9 Å². The van der Waals surface area contributed by atoms with Crippen molar-refractivity contribution in [2.24, 2.45) is 5.92 Å². The van der Waals surface area contributed by atoms with E-state index in [2.05, 4.69) is 11.8 Å². The quantitative estimate of drug-likeness (QED) is 0.724. The molecule has 1 aromatic rings. The molecular weight excluding hydrogens is 376 g/mol. The molecule has 156 valence electrons. The van der Waals surface area contributed by atoms with Gasteiger partial charge in [0.1, 0.15) is 5.75 Å². The van der Waals surface area contributed by atoms with Gasteiger partial charge in [0.05, 0.1) is 12.0 Å². The molecule has 7 heteroatoms. The largest absolute Gasteiger partial charge is 0.497 e. The number of rotatable bonds is 6. The molecule has 1 aliphatic heterocycles. The zero-order valence-corrected chi connectivity index (χ0v) is 17.8. The summed E-state index contributed by atoms with van der Waals surface area (Å²) in [6, 6.07) is 6.84. The second-order valence-electron chi connectivity index (χ2n) is 7.77. The summed E-state index contributed by atoms with van der Waals surface area (Å²) < 4.78 is 32.4. The third kappa shape index (κ3) is 4.51. The van der Waals surface area contributed by atoms with E-state index in [9.17, 15) is 13.2 Å². The van der Waals surface area contributed by atoms with Crippen LogP contribution in [0.4, 0.5) is 0 Å². The van der Waals surface area contributed by atoms with Crippen LogP contribution in [-0.2, 0) is 14.8 Å². The maximum atomic E-state index is 13.1. The third-order valence-corrected chi connectivity index (χ3v) is 8.05. The molecule has 0 N–H and O–H groups in total. The fourth-order valence-electron chi connectivity index (χ4n) is 4.46. The van der Waals surface area contributed by atoms with Crippen molar-refractivity contribution in [2.45, 2.75) is 62.8 Å². The fourth-order valence-corrected chi connectivity index (χ4v) is 5.93.